The minimum Gasteiger partial charge on any atom is -0.382 e. The summed E-state index contributed by atoms with van der Waals surface area (Å²) in [5, 5.41) is 6.35. The minimum atomic E-state index is -0.322. The Bertz CT molecular complexity index is 663. The molecule has 0 radical (unpaired) electrons. The number of carbonyl (C=O) groups is 1. The second-order valence-electron chi connectivity index (χ2n) is 6.06. The molecule has 0 aromatic heterocycles. The van der Waals surface area contributed by atoms with Crippen molar-refractivity contribution in [1.82, 2.24) is 0 Å². The SMILES string of the molecule is O=C(Cc1cccc(F)c1)Nc1ccc(NC2CCCC2)cc1. The monoisotopic (exact) mass is 312 g/mol. The third-order valence-corrected chi connectivity index (χ3v) is 4.15. The first-order chi connectivity index (χ1) is 11.2. The normalized spacial score (nSPS) is 14.7. The van der Waals surface area contributed by atoms with E-state index in [0.29, 0.717) is 11.6 Å². The van der Waals surface area contributed by atoms with E-state index in [-0.39, 0.29) is 18.1 Å². The van der Waals surface area contributed by atoms with Gasteiger partial charge in [-0.3, -0.25) is 4.79 Å². The first-order valence-corrected chi connectivity index (χ1v) is 8.10. The molecule has 1 fully saturated rings. The topological polar surface area (TPSA) is 41.1 Å². The zero-order valence-corrected chi connectivity index (χ0v) is 13.0. The van der Waals surface area contributed by atoms with E-state index in [2.05, 4.69) is 10.6 Å². The lowest BCUT2D eigenvalue weighted by Gasteiger charge is -2.14. The second kappa shape index (κ2) is 7.27. The minimum absolute atomic E-state index is 0.146. The Hall–Kier alpha value is -2.36. The smallest absolute Gasteiger partial charge is 0.228 e. The number of benzene rings is 2. The third-order valence-electron chi connectivity index (χ3n) is 4.15. The van der Waals surface area contributed by atoms with Crippen LogP contribution in [0, 0.1) is 5.82 Å². The van der Waals surface area contributed by atoms with Crippen LogP contribution in [0.25, 0.3) is 0 Å². The summed E-state index contributed by atoms with van der Waals surface area (Å²) in [6.07, 6.45) is 5.22. The number of halogens is 1. The Labute approximate surface area is 135 Å². The van der Waals surface area contributed by atoms with E-state index < -0.39 is 0 Å². The van der Waals surface area contributed by atoms with Gasteiger partial charge in [0, 0.05) is 17.4 Å². The maximum absolute atomic E-state index is 13.1. The fourth-order valence-electron chi connectivity index (χ4n) is 2.99. The highest BCUT2D eigenvalue weighted by atomic mass is 19.1. The van der Waals surface area contributed by atoms with Gasteiger partial charge in [0.2, 0.25) is 5.91 Å². The summed E-state index contributed by atoms with van der Waals surface area (Å²) in [6, 6.07) is 14.4. The molecule has 2 aromatic carbocycles. The molecule has 4 heteroatoms. The van der Waals surface area contributed by atoms with Crippen LogP contribution < -0.4 is 10.6 Å². The van der Waals surface area contributed by atoms with Crippen LogP contribution in [-0.2, 0) is 11.2 Å². The first kappa shape index (κ1) is 15.5. The summed E-state index contributed by atoms with van der Waals surface area (Å²) in [5.74, 6) is -0.468. The highest BCUT2D eigenvalue weighted by Crippen LogP contribution is 2.23. The molecule has 3 rings (SSSR count). The van der Waals surface area contributed by atoms with Crippen molar-refractivity contribution < 1.29 is 9.18 Å². The lowest BCUT2D eigenvalue weighted by atomic mass is 10.1. The second-order valence-corrected chi connectivity index (χ2v) is 6.06. The van der Waals surface area contributed by atoms with E-state index in [4.69, 9.17) is 0 Å². The molecule has 1 aliphatic carbocycles. The zero-order valence-electron chi connectivity index (χ0n) is 13.0. The summed E-state index contributed by atoms with van der Waals surface area (Å²) < 4.78 is 13.1. The molecule has 2 N–H and O–H groups in total. The molecule has 1 saturated carbocycles. The van der Waals surface area contributed by atoms with Crippen molar-refractivity contribution in [3.8, 4) is 0 Å². The number of rotatable bonds is 5. The molecule has 23 heavy (non-hydrogen) atoms. The number of anilines is 2. The lowest BCUT2D eigenvalue weighted by Crippen LogP contribution is -2.15. The standard InChI is InChI=1S/C19H21FN2O/c20-15-5-3-4-14(12-15)13-19(23)22-18-10-8-17(9-11-18)21-16-6-1-2-7-16/h3-5,8-12,16,21H,1-2,6-7,13H2,(H,22,23). The Kier molecular flexibility index (Phi) is 4.91. The van der Waals surface area contributed by atoms with Crippen molar-refractivity contribution in [1.29, 1.82) is 0 Å². The predicted octanol–water partition coefficient (Wildman–Crippen LogP) is 4.36. The van der Waals surface area contributed by atoms with Gasteiger partial charge in [-0.15, -0.1) is 0 Å². The molecule has 3 nitrogen and oxygen atoms in total. The average molecular weight is 312 g/mol. The molecule has 1 amide bonds. The Morgan fingerprint density at radius 3 is 2.43 bits per heavy atom. The van der Waals surface area contributed by atoms with Crippen LogP contribution in [0.5, 0.6) is 0 Å². The van der Waals surface area contributed by atoms with Crippen LogP contribution in [-0.4, -0.2) is 11.9 Å². The van der Waals surface area contributed by atoms with E-state index in [9.17, 15) is 9.18 Å². The summed E-state index contributed by atoms with van der Waals surface area (Å²) in [6.45, 7) is 0. The number of nitrogens with one attached hydrogen (secondary N) is 2. The largest absolute Gasteiger partial charge is 0.382 e. The quantitative estimate of drug-likeness (QED) is 0.861. The van der Waals surface area contributed by atoms with Crippen LogP contribution in [0.3, 0.4) is 0 Å². The van der Waals surface area contributed by atoms with Crippen molar-refractivity contribution >= 4 is 17.3 Å². The zero-order chi connectivity index (χ0) is 16.1. The van der Waals surface area contributed by atoms with Crippen LogP contribution in [0.2, 0.25) is 0 Å². The van der Waals surface area contributed by atoms with Crippen molar-refractivity contribution in [3.05, 3.63) is 59.9 Å². The maximum Gasteiger partial charge on any atom is 0.228 e. The predicted molar refractivity (Wildman–Crippen MR) is 91.1 cm³/mol. The van der Waals surface area contributed by atoms with Crippen molar-refractivity contribution in [2.75, 3.05) is 10.6 Å². The van der Waals surface area contributed by atoms with E-state index in [0.717, 1.165) is 11.4 Å². The van der Waals surface area contributed by atoms with Gasteiger partial charge in [-0.05, 0) is 54.8 Å². The number of carbonyl (C=O) groups excluding carboxylic acids is 1. The third kappa shape index (κ3) is 4.55. The average Bonchev–Trinajstić information content (AvgIpc) is 3.02. The Morgan fingerprint density at radius 2 is 1.74 bits per heavy atom. The van der Waals surface area contributed by atoms with Gasteiger partial charge in [0.1, 0.15) is 5.82 Å². The molecule has 0 atom stereocenters. The molecule has 2 aromatic rings. The van der Waals surface area contributed by atoms with Gasteiger partial charge in [-0.2, -0.15) is 0 Å². The van der Waals surface area contributed by atoms with Gasteiger partial charge in [0.05, 0.1) is 6.42 Å². The Morgan fingerprint density at radius 1 is 1.04 bits per heavy atom. The lowest BCUT2D eigenvalue weighted by molar-refractivity contribution is -0.115. The summed E-state index contributed by atoms with van der Waals surface area (Å²) in [5.41, 5.74) is 2.51. The van der Waals surface area contributed by atoms with E-state index in [1.807, 2.05) is 24.3 Å². The van der Waals surface area contributed by atoms with E-state index in [1.165, 1.54) is 37.8 Å². The van der Waals surface area contributed by atoms with Crippen LogP contribution >= 0.6 is 0 Å². The molecule has 1 aliphatic rings. The van der Waals surface area contributed by atoms with Crippen molar-refractivity contribution in [2.45, 2.75) is 38.1 Å². The van der Waals surface area contributed by atoms with Gasteiger partial charge >= 0.3 is 0 Å². The van der Waals surface area contributed by atoms with Crippen molar-refractivity contribution in [3.63, 3.8) is 0 Å². The highest BCUT2D eigenvalue weighted by Gasteiger charge is 2.14. The fourth-order valence-corrected chi connectivity index (χ4v) is 2.99. The fraction of sp³-hybridized carbons (Fsp3) is 0.316. The molecule has 0 heterocycles. The first-order valence-electron chi connectivity index (χ1n) is 8.10. The number of amides is 1. The van der Waals surface area contributed by atoms with E-state index in [1.54, 1.807) is 12.1 Å². The molecule has 0 saturated heterocycles. The van der Waals surface area contributed by atoms with Gasteiger partial charge in [-0.1, -0.05) is 25.0 Å². The summed E-state index contributed by atoms with van der Waals surface area (Å²) in [4.78, 5) is 12.0. The Balaban J connectivity index is 1.54. The maximum atomic E-state index is 13.1. The number of hydrogen-bond acceptors (Lipinski definition) is 2. The molecule has 0 aliphatic heterocycles. The van der Waals surface area contributed by atoms with E-state index >= 15 is 0 Å². The highest BCUT2D eigenvalue weighted by molar-refractivity contribution is 5.92. The van der Waals surface area contributed by atoms with Crippen LogP contribution in [0.4, 0.5) is 15.8 Å². The van der Waals surface area contributed by atoms with Gasteiger partial charge in [-0.25, -0.2) is 4.39 Å². The van der Waals surface area contributed by atoms with Gasteiger partial charge in [0.15, 0.2) is 0 Å². The molecule has 0 unspecified atom stereocenters. The van der Waals surface area contributed by atoms with Crippen LogP contribution in [0.1, 0.15) is 31.2 Å². The molecule has 0 bridgehead atoms. The summed E-state index contributed by atoms with van der Waals surface area (Å²) >= 11 is 0. The molecule has 120 valence electrons. The molecular formula is C19H21FN2O. The van der Waals surface area contributed by atoms with Gasteiger partial charge < -0.3 is 10.6 Å². The molecular weight excluding hydrogens is 291 g/mol. The van der Waals surface area contributed by atoms with Gasteiger partial charge in [0.25, 0.3) is 0 Å². The van der Waals surface area contributed by atoms with Crippen LogP contribution in [0.15, 0.2) is 48.5 Å². The molecule has 0 spiro atoms. The summed E-state index contributed by atoms with van der Waals surface area (Å²) in [7, 11) is 0. The number of hydrogen-bond donors (Lipinski definition) is 2. The van der Waals surface area contributed by atoms with Crippen molar-refractivity contribution in [2.24, 2.45) is 0 Å².